The quantitative estimate of drug-likeness (QED) is 0.596. The van der Waals surface area contributed by atoms with Crippen LogP contribution in [0.15, 0.2) is 47.4 Å². The van der Waals surface area contributed by atoms with Crippen molar-refractivity contribution in [2.24, 2.45) is 0 Å². The number of aliphatic carboxylic acids is 1. The number of carbonyl (C=O) groups is 1. The third-order valence-electron chi connectivity index (χ3n) is 5.24. The van der Waals surface area contributed by atoms with Crippen molar-refractivity contribution >= 4 is 22.6 Å². The highest BCUT2D eigenvalue weighted by molar-refractivity contribution is 7.86. The van der Waals surface area contributed by atoms with E-state index in [1.165, 1.54) is 0 Å². The Morgan fingerprint density at radius 3 is 2.12 bits per heavy atom. The zero-order valence-corrected chi connectivity index (χ0v) is 17.3. The van der Waals surface area contributed by atoms with Crippen LogP contribution in [-0.2, 0) is 27.8 Å². The topological polar surface area (TPSA) is 77.8 Å². The summed E-state index contributed by atoms with van der Waals surface area (Å²) in [5.74, 6) is -1.90. The van der Waals surface area contributed by atoms with E-state index in [4.69, 9.17) is 0 Å². The van der Waals surface area contributed by atoms with E-state index in [0.717, 1.165) is 34.6 Å². The summed E-state index contributed by atoms with van der Waals surface area (Å²) < 4.78 is 107. The van der Waals surface area contributed by atoms with Gasteiger partial charge in [0.25, 0.3) is 5.60 Å². The largest absolute Gasteiger partial charge is 0.481 e. The molecular weight excluding hydrogens is 483 g/mol. The number of hydrogen-bond acceptors (Lipinski definition) is 3. The van der Waals surface area contributed by atoms with Gasteiger partial charge in [-0.25, -0.2) is 8.60 Å². The summed E-state index contributed by atoms with van der Waals surface area (Å²) >= 11 is 0. The van der Waals surface area contributed by atoms with E-state index in [-0.39, 0.29) is 29.0 Å². The average molecular weight is 499 g/mol. The lowest BCUT2D eigenvalue weighted by molar-refractivity contribution is -0.376. The SMILES string of the molecule is O=C(O)CC1CCc2cc(C(O)(C(F)(F)F)C(F)(F)F)ccc2N1S(=O)c1ccc(F)cc1. The van der Waals surface area contributed by atoms with Crippen LogP contribution < -0.4 is 4.31 Å². The Bertz CT molecular complexity index is 1060. The molecule has 0 saturated carbocycles. The number of halogens is 7. The normalized spacial score (nSPS) is 18.1. The number of carboxylic acids is 1. The molecule has 0 radical (unpaired) electrons. The first-order chi connectivity index (χ1) is 15.2. The third-order valence-corrected chi connectivity index (χ3v) is 6.77. The number of hydrogen-bond donors (Lipinski definition) is 2. The smallest absolute Gasteiger partial charge is 0.430 e. The Labute approximate surface area is 185 Å². The lowest BCUT2D eigenvalue weighted by atomic mass is 9.87. The molecule has 1 aliphatic heterocycles. The number of nitrogens with zero attached hydrogens (tertiary/aromatic N) is 1. The predicted molar refractivity (Wildman–Crippen MR) is 102 cm³/mol. The minimum atomic E-state index is -6.07. The standard InChI is InChI=1S/C20H16F7NO4S/c21-13-3-6-15(7-4-13)33(32)28-14(10-17(29)30)5-1-11-9-12(2-8-16(11)28)18(31,19(22,23)24)20(25,26)27/h2-4,6-9,14,31H,1,5,10H2,(H,29,30). The van der Waals surface area contributed by atoms with Crippen LogP contribution in [-0.4, -0.2) is 38.8 Å². The number of aliphatic hydroxyl groups is 1. The van der Waals surface area contributed by atoms with Gasteiger partial charge in [-0.15, -0.1) is 0 Å². The molecule has 33 heavy (non-hydrogen) atoms. The number of benzene rings is 2. The van der Waals surface area contributed by atoms with Crippen molar-refractivity contribution in [1.29, 1.82) is 0 Å². The molecule has 1 aliphatic rings. The summed E-state index contributed by atoms with van der Waals surface area (Å²) in [7, 11) is -2.15. The van der Waals surface area contributed by atoms with E-state index in [9.17, 15) is 49.9 Å². The molecule has 5 nitrogen and oxygen atoms in total. The highest BCUT2D eigenvalue weighted by atomic mass is 32.2. The molecule has 2 aromatic carbocycles. The second-order valence-corrected chi connectivity index (χ2v) is 8.73. The van der Waals surface area contributed by atoms with E-state index >= 15 is 0 Å². The summed E-state index contributed by atoms with van der Waals surface area (Å²) in [4.78, 5) is 11.3. The van der Waals surface area contributed by atoms with Gasteiger partial charge in [0.1, 0.15) is 5.82 Å². The number of rotatable bonds is 5. The average Bonchev–Trinajstić information content (AvgIpc) is 2.70. The van der Waals surface area contributed by atoms with Crippen LogP contribution in [0.2, 0.25) is 0 Å². The van der Waals surface area contributed by atoms with E-state index < -0.39 is 58.8 Å². The minimum absolute atomic E-state index is 0.0470. The maximum atomic E-state index is 13.3. The Hall–Kier alpha value is -2.67. The second-order valence-electron chi connectivity index (χ2n) is 7.37. The first kappa shape index (κ1) is 25.0. The number of alkyl halides is 6. The van der Waals surface area contributed by atoms with Crippen LogP contribution in [0, 0.1) is 5.82 Å². The van der Waals surface area contributed by atoms with E-state index in [1.54, 1.807) is 0 Å². The lowest BCUT2D eigenvalue weighted by Gasteiger charge is -2.38. The van der Waals surface area contributed by atoms with Gasteiger partial charge in [-0.05, 0) is 48.7 Å². The number of fused-ring (bicyclic) bond motifs is 1. The fourth-order valence-corrected chi connectivity index (χ4v) is 5.03. The molecule has 13 heteroatoms. The van der Waals surface area contributed by atoms with Crippen LogP contribution in [0.25, 0.3) is 0 Å². The van der Waals surface area contributed by atoms with Gasteiger partial charge in [-0.1, -0.05) is 12.1 Å². The van der Waals surface area contributed by atoms with Gasteiger partial charge >= 0.3 is 18.3 Å². The van der Waals surface area contributed by atoms with Crippen LogP contribution in [0.5, 0.6) is 0 Å². The molecule has 2 N–H and O–H groups in total. The van der Waals surface area contributed by atoms with Crippen molar-refractivity contribution < 1.29 is 49.9 Å². The molecule has 0 aromatic heterocycles. The maximum absolute atomic E-state index is 13.3. The van der Waals surface area contributed by atoms with Gasteiger partial charge in [0.05, 0.1) is 23.0 Å². The zero-order chi connectivity index (χ0) is 24.8. The van der Waals surface area contributed by atoms with Gasteiger partial charge in [0.2, 0.25) is 0 Å². The molecule has 0 amide bonds. The lowest BCUT2D eigenvalue weighted by Crippen LogP contribution is -2.54. The van der Waals surface area contributed by atoms with Gasteiger partial charge in [-0.3, -0.25) is 9.10 Å². The van der Waals surface area contributed by atoms with E-state index in [0.29, 0.717) is 12.1 Å². The Balaban J connectivity index is 2.13. The number of anilines is 1. The van der Waals surface area contributed by atoms with Crippen LogP contribution in [0.3, 0.4) is 0 Å². The van der Waals surface area contributed by atoms with Crippen molar-refractivity contribution in [2.75, 3.05) is 4.31 Å². The molecule has 1 heterocycles. The summed E-state index contributed by atoms with van der Waals surface area (Å²) in [6.07, 6.45) is -12.8. The summed E-state index contributed by atoms with van der Waals surface area (Å²) in [6.45, 7) is 0. The Morgan fingerprint density at radius 1 is 1.03 bits per heavy atom. The predicted octanol–water partition coefficient (Wildman–Crippen LogP) is 4.46. The molecule has 0 bridgehead atoms. The fourth-order valence-electron chi connectivity index (χ4n) is 3.63. The van der Waals surface area contributed by atoms with Crippen molar-refractivity contribution in [3.05, 3.63) is 59.4 Å². The van der Waals surface area contributed by atoms with Gasteiger partial charge in [0, 0.05) is 5.56 Å². The number of carboxylic acid groups (broad SMARTS) is 1. The summed E-state index contributed by atoms with van der Waals surface area (Å²) in [6, 6.07) is 5.20. The van der Waals surface area contributed by atoms with Crippen LogP contribution >= 0.6 is 0 Å². The highest BCUT2D eigenvalue weighted by Crippen LogP contribution is 2.51. The molecular formula is C20H16F7NO4S. The van der Waals surface area contributed by atoms with Crippen molar-refractivity contribution in [3.8, 4) is 0 Å². The zero-order valence-electron chi connectivity index (χ0n) is 16.5. The monoisotopic (exact) mass is 499 g/mol. The molecule has 2 aromatic rings. The number of aryl methyl sites for hydroxylation is 1. The molecule has 0 aliphatic carbocycles. The van der Waals surface area contributed by atoms with Crippen molar-refractivity contribution in [2.45, 2.75) is 48.2 Å². The van der Waals surface area contributed by atoms with Crippen molar-refractivity contribution in [3.63, 3.8) is 0 Å². The molecule has 2 unspecified atom stereocenters. The van der Waals surface area contributed by atoms with Gasteiger partial charge in [0.15, 0.2) is 11.0 Å². The maximum Gasteiger partial charge on any atom is 0.430 e. The second kappa shape index (κ2) is 8.60. The molecule has 0 spiro atoms. The molecule has 2 atom stereocenters. The molecule has 3 rings (SSSR count). The van der Waals surface area contributed by atoms with Gasteiger partial charge < -0.3 is 10.2 Å². The van der Waals surface area contributed by atoms with Gasteiger partial charge in [-0.2, -0.15) is 26.3 Å². The minimum Gasteiger partial charge on any atom is -0.481 e. The fraction of sp³-hybridized carbons (Fsp3) is 0.350. The molecule has 0 fully saturated rings. The van der Waals surface area contributed by atoms with Crippen molar-refractivity contribution in [1.82, 2.24) is 0 Å². The summed E-state index contributed by atoms with van der Waals surface area (Å²) in [5, 5.41) is 18.9. The highest BCUT2D eigenvalue weighted by Gasteiger charge is 2.71. The summed E-state index contributed by atoms with van der Waals surface area (Å²) in [5.41, 5.74) is -6.74. The van der Waals surface area contributed by atoms with E-state index in [2.05, 4.69) is 0 Å². The third kappa shape index (κ3) is 4.56. The molecule has 0 saturated heterocycles. The first-order valence-electron chi connectivity index (χ1n) is 9.34. The Kier molecular flexibility index (Phi) is 6.50. The molecule has 180 valence electrons. The Morgan fingerprint density at radius 2 is 1.61 bits per heavy atom. The van der Waals surface area contributed by atoms with E-state index in [1.807, 2.05) is 0 Å². The first-order valence-corrected chi connectivity index (χ1v) is 10.4. The van der Waals surface area contributed by atoms with Crippen LogP contribution in [0.1, 0.15) is 24.0 Å². The van der Waals surface area contributed by atoms with Crippen LogP contribution in [0.4, 0.5) is 36.4 Å².